The van der Waals surface area contributed by atoms with Gasteiger partial charge >= 0.3 is 12.0 Å². The van der Waals surface area contributed by atoms with Gasteiger partial charge in [0.25, 0.3) is 0 Å². The normalized spacial score (nSPS) is 21.3. The summed E-state index contributed by atoms with van der Waals surface area (Å²) in [6.07, 6.45) is 0.239. The molecule has 0 aromatic rings. The van der Waals surface area contributed by atoms with Crippen molar-refractivity contribution in [2.24, 2.45) is 5.92 Å². The van der Waals surface area contributed by atoms with Gasteiger partial charge in [0.1, 0.15) is 6.54 Å². The molecule has 1 fully saturated rings. The first kappa shape index (κ1) is 17.2. The van der Waals surface area contributed by atoms with Gasteiger partial charge in [0.05, 0.1) is 23.5 Å². The lowest BCUT2D eigenvalue weighted by atomic mass is 10.2. The first-order valence-electron chi connectivity index (χ1n) is 6.50. The summed E-state index contributed by atoms with van der Waals surface area (Å²) in [5.41, 5.74) is 0. The third kappa shape index (κ3) is 4.90. The van der Waals surface area contributed by atoms with E-state index in [9.17, 15) is 18.0 Å². The van der Waals surface area contributed by atoms with E-state index in [0.717, 1.165) is 4.90 Å². The van der Waals surface area contributed by atoms with E-state index in [1.165, 1.54) is 11.9 Å². The van der Waals surface area contributed by atoms with Crippen molar-refractivity contribution in [3.05, 3.63) is 0 Å². The molecule has 2 unspecified atom stereocenters. The van der Waals surface area contributed by atoms with Crippen LogP contribution < -0.4 is 0 Å². The molecule has 0 saturated carbocycles. The maximum atomic E-state index is 12.3. The van der Waals surface area contributed by atoms with Gasteiger partial charge < -0.3 is 14.9 Å². The summed E-state index contributed by atoms with van der Waals surface area (Å²) in [5.74, 6) is -1.85. The molecule has 1 N–H and O–H groups in total. The Morgan fingerprint density at radius 3 is 2.52 bits per heavy atom. The average molecular weight is 317 g/mol. The van der Waals surface area contributed by atoms with E-state index in [4.69, 9.17) is 10.4 Å². The molecule has 0 radical (unpaired) electrons. The number of rotatable bonds is 5. The fraction of sp³-hybridized carbons (Fsp3) is 0.750. The number of carbonyl (C=O) groups excluding carboxylic acids is 1. The van der Waals surface area contributed by atoms with Crippen LogP contribution in [0.25, 0.3) is 0 Å². The van der Waals surface area contributed by atoms with E-state index in [1.807, 2.05) is 6.07 Å². The topological polar surface area (TPSA) is 119 Å². The zero-order valence-electron chi connectivity index (χ0n) is 12.0. The van der Waals surface area contributed by atoms with Crippen LogP contribution in [0.1, 0.15) is 13.3 Å². The Kier molecular flexibility index (Phi) is 5.54. The molecule has 118 valence electrons. The number of urea groups is 1. The molecule has 1 rings (SSSR count). The number of hydrogen-bond donors (Lipinski definition) is 1. The maximum Gasteiger partial charge on any atom is 0.323 e. The molecule has 0 aromatic heterocycles. The van der Waals surface area contributed by atoms with Crippen LogP contribution in [0.2, 0.25) is 0 Å². The van der Waals surface area contributed by atoms with E-state index in [2.05, 4.69) is 0 Å². The van der Waals surface area contributed by atoms with Crippen molar-refractivity contribution < 1.29 is 23.1 Å². The highest BCUT2D eigenvalue weighted by molar-refractivity contribution is 7.91. The van der Waals surface area contributed by atoms with Gasteiger partial charge in [-0.2, -0.15) is 5.26 Å². The number of nitrogens with zero attached hydrogens (tertiary/aromatic N) is 3. The van der Waals surface area contributed by atoms with E-state index in [1.54, 1.807) is 6.92 Å². The lowest BCUT2D eigenvalue weighted by Gasteiger charge is -2.31. The minimum Gasteiger partial charge on any atom is -0.480 e. The van der Waals surface area contributed by atoms with Crippen molar-refractivity contribution >= 4 is 21.8 Å². The summed E-state index contributed by atoms with van der Waals surface area (Å²) < 4.78 is 23.0. The van der Waals surface area contributed by atoms with Gasteiger partial charge in [-0.1, -0.05) is 0 Å². The highest BCUT2D eigenvalue weighted by Gasteiger charge is 2.36. The molecule has 2 atom stereocenters. The summed E-state index contributed by atoms with van der Waals surface area (Å²) in [6.45, 7) is 1.25. The Balaban J connectivity index is 2.85. The molecule has 9 heteroatoms. The summed E-state index contributed by atoms with van der Waals surface area (Å²) in [6, 6.07) is 0.794. The zero-order valence-corrected chi connectivity index (χ0v) is 12.8. The molecule has 2 amide bonds. The maximum absolute atomic E-state index is 12.3. The summed E-state index contributed by atoms with van der Waals surface area (Å²) >= 11 is 0. The van der Waals surface area contributed by atoms with Crippen LogP contribution in [0, 0.1) is 17.2 Å². The van der Waals surface area contributed by atoms with Crippen LogP contribution in [0.15, 0.2) is 0 Å². The third-order valence-electron chi connectivity index (χ3n) is 3.30. The minimum absolute atomic E-state index is 0.0423. The molecular weight excluding hydrogens is 298 g/mol. The molecule has 0 bridgehead atoms. The predicted octanol–water partition coefficient (Wildman–Crippen LogP) is -0.228. The summed E-state index contributed by atoms with van der Waals surface area (Å²) in [4.78, 5) is 25.5. The molecule has 1 heterocycles. The average Bonchev–Trinajstić information content (AvgIpc) is 2.74. The monoisotopic (exact) mass is 317 g/mol. The second-order valence-electron chi connectivity index (χ2n) is 5.27. The largest absolute Gasteiger partial charge is 0.480 e. The SMILES string of the molecule is CC(C#N)CN(C)C(=O)N(CC(=O)O)C1CCS(=O)(=O)C1. The Morgan fingerprint density at radius 1 is 1.48 bits per heavy atom. The molecule has 21 heavy (non-hydrogen) atoms. The molecule has 1 saturated heterocycles. The fourth-order valence-corrected chi connectivity index (χ4v) is 4.00. The predicted molar refractivity (Wildman–Crippen MR) is 74.2 cm³/mol. The van der Waals surface area contributed by atoms with Crippen molar-refractivity contribution in [2.75, 3.05) is 31.6 Å². The van der Waals surface area contributed by atoms with Crippen LogP contribution in [-0.2, 0) is 14.6 Å². The highest BCUT2D eigenvalue weighted by atomic mass is 32.2. The lowest BCUT2D eigenvalue weighted by molar-refractivity contribution is -0.138. The van der Waals surface area contributed by atoms with Crippen molar-refractivity contribution in [1.82, 2.24) is 9.80 Å². The van der Waals surface area contributed by atoms with Crippen LogP contribution in [0.5, 0.6) is 0 Å². The molecule has 0 spiro atoms. The second kappa shape index (κ2) is 6.76. The van der Waals surface area contributed by atoms with Gasteiger partial charge in [0.15, 0.2) is 9.84 Å². The fourth-order valence-electron chi connectivity index (χ4n) is 2.27. The molecule has 1 aliphatic heterocycles. The number of carbonyl (C=O) groups is 2. The molecule has 1 aliphatic rings. The highest BCUT2D eigenvalue weighted by Crippen LogP contribution is 2.19. The molecule has 0 aliphatic carbocycles. The van der Waals surface area contributed by atoms with Crippen LogP contribution in [0.3, 0.4) is 0 Å². The number of aliphatic carboxylic acids is 1. The Morgan fingerprint density at radius 2 is 2.10 bits per heavy atom. The standard InChI is InChI=1S/C12H19N3O5S/c1-9(5-13)6-14(2)12(18)15(7-11(16)17)10-3-4-21(19,20)8-10/h9-10H,3-4,6-8H2,1-2H3,(H,16,17). The molecule has 0 aromatic carbocycles. The molecular formula is C12H19N3O5S. The number of amides is 2. The van der Waals surface area contributed by atoms with Crippen molar-refractivity contribution in [2.45, 2.75) is 19.4 Å². The summed E-state index contributed by atoms with van der Waals surface area (Å²) in [7, 11) is -1.75. The van der Waals surface area contributed by atoms with Gasteiger partial charge in [-0.05, 0) is 13.3 Å². The number of carboxylic acid groups (broad SMARTS) is 1. The first-order valence-corrected chi connectivity index (χ1v) is 8.32. The minimum atomic E-state index is -3.22. The summed E-state index contributed by atoms with van der Waals surface area (Å²) in [5, 5.41) is 17.7. The molecule has 8 nitrogen and oxygen atoms in total. The lowest BCUT2D eigenvalue weighted by Crippen LogP contribution is -2.50. The third-order valence-corrected chi connectivity index (χ3v) is 5.05. The zero-order chi connectivity index (χ0) is 16.2. The smallest absolute Gasteiger partial charge is 0.323 e. The quantitative estimate of drug-likeness (QED) is 0.748. The Bertz CT molecular complexity index is 554. The number of hydrogen-bond acceptors (Lipinski definition) is 5. The van der Waals surface area contributed by atoms with Gasteiger partial charge in [0, 0.05) is 19.6 Å². The number of sulfone groups is 1. The van der Waals surface area contributed by atoms with Crippen molar-refractivity contribution in [3.63, 3.8) is 0 Å². The van der Waals surface area contributed by atoms with E-state index in [-0.39, 0.29) is 24.5 Å². The van der Waals surface area contributed by atoms with Gasteiger partial charge in [-0.3, -0.25) is 4.79 Å². The van der Waals surface area contributed by atoms with Gasteiger partial charge in [0.2, 0.25) is 0 Å². The van der Waals surface area contributed by atoms with Crippen molar-refractivity contribution in [1.29, 1.82) is 5.26 Å². The van der Waals surface area contributed by atoms with E-state index < -0.39 is 40.3 Å². The number of carboxylic acids is 1. The van der Waals surface area contributed by atoms with Crippen molar-refractivity contribution in [3.8, 4) is 6.07 Å². The van der Waals surface area contributed by atoms with Crippen LogP contribution >= 0.6 is 0 Å². The first-order chi connectivity index (χ1) is 9.66. The van der Waals surface area contributed by atoms with Gasteiger partial charge in [-0.15, -0.1) is 0 Å². The Labute approximate surface area is 123 Å². The van der Waals surface area contributed by atoms with Crippen LogP contribution in [0.4, 0.5) is 4.79 Å². The van der Waals surface area contributed by atoms with E-state index >= 15 is 0 Å². The van der Waals surface area contributed by atoms with Crippen LogP contribution in [-0.4, -0.2) is 73.0 Å². The van der Waals surface area contributed by atoms with E-state index in [0.29, 0.717) is 0 Å². The number of nitriles is 1. The Hall–Kier alpha value is -1.82. The second-order valence-corrected chi connectivity index (χ2v) is 7.50. The van der Waals surface area contributed by atoms with Gasteiger partial charge in [-0.25, -0.2) is 13.2 Å².